The highest BCUT2D eigenvalue weighted by molar-refractivity contribution is 7.13. The van der Waals surface area contributed by atoms with Crippen LogP contribution >= 0.6 is 11.3 Å². The Morgan fingerprint density at radius 3 is 2.59 bits per heavy atom. The lowest BCUT2D eigenvalue weighted by atomic mass is 9.84. The van der Waals surface area contributed by atoms with Crippen LogP contribution in [-0.4, -0.2) is 65.8 Å². The van der Waals surface area contributed by atoms with E-state index in [0.29, 0.717) is 29.3 Å². The summed E-state index contributed by atoms with van der Waals surface area (Å²) in [6.07, 6.45) is 9.51. The first kappa shape index (κ1) is 25.9. The maximum Gasteiger partial charge on any atom is 0.250 e. The third-order valence-electron chi connectivity index (χ3n) is 8.91. The van der Waals surface area contributed by atoms with Crippen molar-refractivity contribution in [2.24, 2.45) is 16.1 Å². The van der Waals surface area contributed by atoms with Gasteiger partial charge in [-0.1, -0.05) is 13.0 Å². The van der Waals surface area contributed by atoms with Crippen LogP contribution in [0.15, 0.2) is 46.3 Å². The summed E-state index contributed by atoms with van der Waals surface area (Å²) in [5.41, 5.74) is 10.8. The zero-order valence-electron chi connectivity index (χ0n) is 23.0. The molecule has 2 bridgehead atoms. The number of carbonyl (C=O) groups excluding carboxylic acids is 2. The van der Waals surface area contributed by atoms with Crippen molar-refractivity contribution in [3.63, 3.8) is 0 Å². The first-order chi connectivity index (χ1) is 19.9. The molecule has 3 aliphatic rings. The van der Waals surface area contributed by atoms with Crippen molar-refractivity contribution in [2.75, 3.05) is 12.3 Å². The fourth-order valence-corrected chi connectivity index (χ4v) is 7.49. The number of nitrogens with two attached hydrogens (primary N) is 1. The van der Waals surface area contributed by atoms with E-state index in [-0.39, 0.29) is 41.7 Å². The largest absolute Gasteiger partial charge is 0.383 e. The van der Waals surface area contributed by atoms with Crippen LogP contribution in [0, 0.1) is 5.92 Å². The quantitative estimate of drug-likeness (QED) is 0.329. The topological polar surface area (TPSA) is 144 Å². The molecule has 2 saturated heterocycles. The van der Waals surface area contributed by atoms with E-state index in [1.165, 1.54) is 18.3 Å². The number of nitrogen functional groups attached to an aromatic ring is 1. The molecule has 0 spiro atoms. The maximum absolute atomic E-state index is 13.6. The zero-order valence-corrected chi connectivity index (χ0v) is 23.8. The SMILES string of the molecule is CCC1CN=NC1C(=O)N1C2CCC1CC(c1nc3c(-c4ccc(-c5nccs5)nc4)cnn3c(N)c1C(C)=O)C2. The molecule has 210 valence electrons. The van der Waals surface area contributed by atoms with Gasteiger partial charge < -0.3 is 10.6 Å². The molecule has 4 unspecified atom stereocenters. The minimum Gasteiger partial charge on any atom is -0.383 e. The van der Waals surface area contributed by atoms with Crippen LogP contribution in [-0.2, 0) is 4.79 Å². The number of thiazole rings is 1. The minimum absolute atomic E-state index is 0.00285. The molecule has 12 heteroatoms. The summed E-state index contributed by atoms with van der Waals surface area (Å²) >= 11 is 1.54. The van der Waals surface area contributed by atoms with Crippen molar-refractivity contribution < 1.29 is 9.59 Å². The van der Waals surface area contributed by atoms with Gasteiger partial charge in [-0.3, -0.25) is 14.6 Å². The summed E-state index contributed by atoms with van der Waals surface area (Å²) in [6, 6.07) is 3.72. The van der Waals surface area contributed by atoms with Gasteiger partial charge in [-0.15, -0.1) is 11.3 Å². The van der Waals surface area contributed by atoms with Gasteiger partial charge in [-0.05, 0) is 45.1 Å². The van der Waals surface area contributed by atoms with Crippen LogP contribution in [0.2, 0.25) is 0 Å². The smallest absolute Gasteiger partial charge is 0.250 e. The molecule has 0 radical (unpaired) electrons. The van der Waals surface area contributed by atoms with E-state index in [4.69, 9.17) is 10.7 Å². The van der Waals surface area contributed by atoms with Crippen LogP contribution in [0.4, 0.5) is 5.82 Å². The second-order valence-corrected chi connectivity index (χ2v) is 12.1. The van der Waals surface area contributed by atoms with E-state index < -0.39 is 0 Å². The Labute approximate surface area is 240 Å². The number of fused-ring (bicyclic) bond motifs is 3. The number of carbonyl (C=O) groups is 2. The molecule has 0 saturated carbocycles. The molecule has 41 heavy (non-hydrogen) atoms. The molecular weight excluding hydrogens is 538 g/mol. The number of ketones is 1. The molecule has 3 aliphatic heterocycles. The molecule has 4 aromatic heterocycles. The van der Waals surface area contributed by atoms with Crippen molar-refractivity contribution >= 4 is 34.5 Å². The number of aromatic nitrogens is 5. The number of azo groups is 1. The van der Waals surface area contributed by atoms with Crippen molar-refractivity contribution in [3.8, 4) is 21.8 Å². The van der Waals surface area contributed by atoms with Gasteiger partial charge >= 0.3 is 0 Å². The summed E-state index contributed by atoms with van der Waals surface area (Å²) in [6.45, 7) is 4.24. The monoisotopic (exact) mass is 569 g/mol. The number of piperidine rings is 1. The molecule has 1 amide bonds. The number of hydrogen-bond acceptors (Lipinski definition) is 10. The molecular formula is C29H31N9O2S. The first-order valence-corrected chi connectivity index (χ1v) is 15.1. The normalized spacial score (nSPS) is 25.3. The lowest BCUT2D eigenvalue weighted by Crippen LogP contribution is -2.51. The average molecular weight is 570 g/mol. The van der Waals surface area contributed by atoms with Crippen molar-refractivity contribution in [1.29, 1.82) is 0 Å². The van der Waals surface area contributed by atoms with Crippen molar-refractivity contribution in [2.45, 2.75) is 70.0 Å². The third kappa shape index (κ3) is 4.23. The number of Topliss-reactive ketones (excluding diaryl/α,β-unsaturated/α-hetero) is 1. The predicted molar refractivity (Wildman–Crippen MR) is 155 cm³/mol. The maximum atomic E-state index is 13.6. The van der Waals surface area contributed by atoms with Gasteiger partial charge in [0.1, 0.15) is 10.8 Å². The third-order valence-corrected chi connectivity index (χ3v) is 9.70. The van der Waals surface area contributed by atoms with Gasteiger partial charge in [0.15, 0.2) is 17.5 Å². The number of hydrogen-bond donors (Lipinski definition) is 1. The first-order valence-electron chi connectivity index (χ1n) is 14.2. The van der Waals surface area contributed by atoms with Crippen LogP contribution < -0.4 is 5.73 Å². The van der Waals surface area contributed by atoms with Crippen LogP contribution in [0.3, 0.4) is 0 Å². The lowest BCUT2D eigenvalue weighted by molar-refractivity contribution is -0.138. The molecule has 0 aromatic carbocycles. The summed E-state index contributed by atoms with van der Waals surface area (Å²) in [4.78, 5) is 42.6. The van der Waals surface area contributed by atoms with Crippen LogP contribution in [0.25, 0.3) is 27.5 Å². The fourth-order valence-electron chi connectivity index (χ4n) is 6.87. The van der Waals surface area contributed by atoms with E-state index in [0.717, 1.165) is 53.9 Å². The van der Waals surface area contributed by atoms with Crippen LogP contribution in [0.1, 0.15) is 67.9 Å². The van der Waals surface area contributed by atoms with E-state index in [2.05, 4.69) is 37.1 Å². The van der Waals surface area contributed by atoms with Crippen molar-refractivity contribution in [3.05, 3.63) is 47.4 Å². The Bertz CT molecular complexity index is 1650. The van der Waals surface area contributed by atoms with E-state index in [1.807, 2.05) is 17.5 Å². The molecule has 2 fully saturated rings. The predicted octanol–water partition coefficient (Wildman–Crippen LogP) is 4.80. The Kier molecular flexibility index (Phi) is 6.37. The summed E-state index contributed by atoms with van der Waals surface area (Å²) in [5, 5.41) is 15.8. The number of pyridine rings is 1. The summed E-state index contributed by atoms with van der Waals surface area (Å²) in [7, 11) is 0. The molecule has 4 atom stereocenters. The second kappa shape index (κ2) is 10.1. The van der Waals surface area contributed by atoms with Gasteiger partial charge in [0.25, 0.3) is 0 Å². The van der Waals surface area contributed by atoms with Gasteiger partial charge in [0, 0.05) is 52.8 Å². The van der Waals surface area contributed by atoms with Gasteiger partial charge in [-0.2, -0.15) is 19.8 Å². The van der Waals surface area contributed by atoms with Crippen LogP contribution in [0.5, 0.6) is 0 Å². The zero-order chi connectivity index (χ0) is 28.2. The Morgan fingerprint density at radius 1 is 1.12 bits per heavy atom. The van der Waals surface area contributed by atoms with Crippen molar-refractivity contribution in [1.82, 2.24) is 29.5 Å². The number of rotatable bonds is 6. The molecule has 4 aromatic rings. The number of nitrogens with zero attached hydrogens (tertiary/aromatic N) is 8. The molecule has 2 N–H and O–H groups in total. The Morgan fingerprint density at radius 2 is 1.93 bits per heavy atom. The number of amides is 1. The standard InChI is InChI=1S/C29H31N9O2S/c1-3-16-13-33-36-25(16)29(40)37-19-5-6-20(37)11-18(10-19)24-23(15(2)39)26(30)38-27(35-24)21(14-34-38)17-4-7-22(32-12-17)28-31-8-9-41-28/h4,7-9,12,14,16,18-20,25H,3,5-6,10-11,13,30H2,1-2H3. The van der Waals surface area contributed by atoms with E-state index >= 15 is 0 Å². The molecule has 7 heterocycles. The minimum atomic E-state index is -0.373. The highest BCUT2D eigenvalue weighted by Gasteiger charge is 2.48. The van der Waals surface area contributed by atoms with Gasteiger partial charge in [-0.25, -0.2) is 9.97 Å². The highest BCUT2D eigenvalue weighted by atomic mass is 32.1. The van der Waals surface area contributed by atoms with E-state index in [9.17, 15) is 9.59 Å². The lowest BCUT2D eigenvalue weighted by Gasteiger charge is -2.40. The summed E-state index contributed by atoms with van der Waals surface area (Å²) < 4.78 is 1.55. The number of anilines is 1. The molecule has 7 rings (SSSR count). The second-order valence-electron chi connectivity index (χ2n) is 11.2. The molecule has 0 aliphatic carbocycles. The summed E-state index contributed by atoms with van der Waals surface area (Å²) in [5.74, 6) is 0.437. The van der Waals surface area contributed by atoms with Gasteiger partial charge in [0.05, 0.1) is 29.7 Å². The average Bonchev–Trinajstić information content (AvgIpc) is 3.78. The van der Waals surface area contributed by atoms with E-state index in [1.54, 1.807) is 23.1 Å². The highest BCUT2D eigenvalue weighted by Crippen LogP contribution is 2.45. The van der Waals surface area contributed by atoms with Gasteiger partial charge in [0.2, 0.25) is 5.91 Å². The Hall–Kier alpha value is -4.06. The fraction of sp³-hybridized carbons (Fsp3) is 0.448. The molecule has 11 nitrogen and oxygen atoms in total. The Balaban J connectivity index is 1.23.